The smallest absolute Gasteiger partial charge is 0.247 e. The van der Waals surface area contributed by atoms with Gasteiger partial charge in [-0.05, 0) is 43.2 Å². The molecule has 1 atom stereocenters. The minimum Gasteiger partial charge on any atom is -0.384 e. The van der Waals surface area contributed by atoms with E-state index in [9.17, 15) is 14.9 Å². The normalized spacial score (nSPS) is 22.7. The Labute approximate surface area is 184 Å². The van der Waals surface area contributed by atoms with Crippen molar-refractivity contribution in [1.82, 2.24) is 0 Å². The molecule has 7 heteroatoms. The summed E-state index contributed by atoms with van der Waals surface area (Å²) in [5, 5.41) is 10.8. The molecule has 0 saturated heterocycles. The number of benzene rings is 2. The number of rotatable bonds is 1. The predicted molar refractivity (Wildman–Crippen MR) is 118 cm³/mol. The number of para-hydroxylation sites is 1. The van der Waals surface area contributed by atoms with Crippen molar-refractivity contribution >= 4 is 34.7 Å². The van der Waals surface area contributed by atoms with Crippen LogP contribution in [-0.2, 0) is 15.0 Å². The SMILES string of the molecule is CN1C(=O)[C@]2(C(C#N)=C(N)N(c3ccc(Cl)cc3)C3=C2C(=O)CCC3)c2ccccc21. The molecule has 2 heterocycles. The van der Waals surface area contributed by atoms with Crippen LogP contribution in [0.5, 0.6) is 0 Å². The van der Waals surface area contributed by atoms with E-state index in [0.29, 0.717) is 52.5 Å². The molecule has 3 aliphatic rings. The number of nitrogens with two attached hydrogens (primary N) is 1. The van der Waals surface area contributed by atoms with E-state index in [-0.39, 0.29) is 23.1 Å². The van der Waals surface area contributed by atoms with Crippen molar-refractivity contribution in [3.8, 4) is 6.07 Å². The summed E-state index contributed by atoms with van der Waals surface area (Å²) in [6.45, 7) is 0. The summed E-state index contributed by atoms with van der Waals surface area (Å²) in [7, 11) is 1.67. The number of halogens is 1. The molecule has 1 aliphatic carbocycles. The van der Waals surface area contributed by atoms with E-state index in [4.69, 9.17) is 17.3 Å². The molecule has 6 nitrogen and oxygen atoms in total. The van der Waals surface area contributed by atoms with Crippen molar-refractivity contribution < 1.29 is 9.59 Å². The second kappa shape index (κ2) is 6.73. The number of allylic oxidation sites excluding steroid dienone is 1. The Morgan fingerprint density at radius 1 is 1.10 bits per heavy atom. The van der Waals surface area contributed by atoms with Crippen molar-refractivity contribution in [2.45, 2.75) is 24.7 Å². The molecule has 2 N–H and O–H groups in total. The molecule has 2 aromatic carbocycles. The summed E-state index contributed by atoms with van der Waals surface area (Å²) >= 11 is 6.06. The van der Waals surface area contributed by atoms with Gasteiger partial charge in [0.05, 0.1) is 5.57 Å². The van der Waals surface area contributed by atoms with E-state index >= 15 is 0 Å². The van der Waals surface area contributed by atoms with Gasteiger partial charge in [-0.1, -0.05) is 29.8 Å². The van der Waals surface area contributed by atoms with Crippen LogP contribution in [0.15, 0.2) is 71.2 Å². The van der Waals surface area contributed by atoms with Crippen LogP contribution in [0.1, 0.15) is 24.8 Å². The van der Waals surface area contributed by atoms with Crippen LogP contribution < -0.4 is 15.5 Å². The minimum atomic E-state index is -1.51. The zero-order valence-corrected chi connectivity index (χ0v) is 17.6. The van der Waals surface area contributed by atoms with Gasteiger partial charge in [-0.2, -0.15) is 5.26 Å². The van der Waals surface area contributed by atoms with Gasteiger partial charge in [0.15, 0.2) is 5.78 Å². The zero-order chi connectivity index (χ0) is 21.9. The second-order valence-corrected chi connectivity index (χ2v) is 8.35. The average molecular weight is 431 g/mol. The van der Waals surface area contributed by atoms with Gasteiger partial charge >= 0.3 is 0 Å². The maximum absolute atomic E-state index is 13.8. The number of anilines is 2. The van der Waals surface area contributed by atoms with Crippen LogP contribution in [0.3, 0.4) is 0 Å². The van der Waals surface area contributed by atoms with Gasteiger partial charge in [-0.25, -0.2) is 0 Å². The first kappa shape index (κ1) is 19.4. The summed E-state index contributed by atoms with van der Waals surface area (Å²) in [6, 6.07) is 16.5. The Balaban J connectivity index is 1.89. The predicted octanol–water partition coefficient (Wildman–Crippen LogP) is 3.78. The van der Waals surface area contributed by atoms with Crippen molar-refractivity contribution in [1.29, 1.82) is 5.26 Å². The molecular weight excluding hydrogens is 412 g/mol. The third-order valence-electron chi connectivity index (χ3n) is 6.39. The highest BCUT2D eigenvalue weighted by Crippen LogP contribution is 2.56. The number of nitriles is 1. The Morgan fingerprint density at radius 2 is 1.81 bits per heavy atom. The summed E-state index contributed by atoms with van der Waals surface area (Å²) in [5.74, 6) is -0.289. The lowest BCUT2D eigenvalue weighted by molar-refractivity contribution is -0.124. The molecule has 2 aliphatic heterocycles. The van der Waals surface area contributed by atoms with Gasteiger partial charge in [0.2, 0.25) is 5.91 Å². The molecule has 1 amide bonds. The molecule has 0 aromatic heterocycles. The van der Waals surface area contributed by atoms with E-state index in [2.05, 4.69) is 6.07 Å². The molecule has 154 valence electrons. The topological polar surface area (TPSA) is 90.4 Å². The summed E-state index contributed by atoms with van der Waals surface area (Å²) in [5.41, 5.74) is 8.21. The number of nitrogens with zero attached hydrogens (tertiary/aromatic N) is 3. The van der Waals surface area contributed by atoms with Crippen molar-refractivity contribution in [3.05, 3.63) is 81.8 Å². The number of carbonyl (C=O) groups is 2. The van der Waals surface area contributed by atoms with Crippen molar-refractivity contribution in [2.24, 2.45) is 5.73 Å². The van der Waals surface area contributed by atoms with E-state index < -0.39 is 5.41 Å². The second-order valence-electron chi connectivity index (χ2n) is 7.91. The van der Waals surface area contributed by atoms with Crippen LogP contribution in [0.4, 0.5) is 11.4 Å². The van der Waals surface area contributed by atoms with E-state index in [0.717, 1.165) is 0 Å². The van der Waals surface area contributed by atoms with Gasteiger partial charge in [-0.15, -0.1) is 0 Å². The van der Waals surface area contributed by atoms with E-state index in [1.165, 1.54) is 4.90 Å². The number of likely N-dealkylation sites (N-methyl/N-ethyl adjacent to an activating group) is 1. The Morgan fingerprint density at radius 3 is 2.52 bits per heavy atom. The third-order valence-corrected chi connectivity index (χ3v) is 6.65. The van der Waals surface area contributed by atoms with Crippen LogP contribution in [0, 0.1) is 11.3 Å². The van der Waals surface area contributed by atoms with Crippen LogP contribution >= 0.6 is 11.6 Å². The molecule has 31 heavy (non-hydrogen) atoms. The fourth-order valence-electron chi connectivity index (χ4n) is 5.12. The lowest BCUT2D eigenvalue weighted by atomic mass is 9.64. The number of ketones is 1. The fourth-order valence-corrected chi connectivity index (χ4v) is 5.25. The Kier molecular flexibility index (Phi) is 4.21. The van der Waals surface area contributed by atoms with Crippen molar-refractivity contribution in [2.75, 3.05) is 16.8 Å². The number of carbonyl (C=O) groups excluding carboxylic acids is 2. The lowest BCUT2D eigenvalue weighted by Crippen LogP contribution is -2.52. The Hall–Kier alpha value is -3.56. The molecule has 0 saturated carbocycles. The van der Waals surface area contributed by atoms with Gasteiger partial charge < -0.3 is 10.6 Å². The number of fused-ring (bicyclic) bond motifs is 3. The quantitative estimate of drug-likeness (QED) is 0.743. The molecule has 0 unspecified atom stereocenters. The zero-order valence-electron chi connectivity index (χ0n) is 16.9. The largest absolute Gasteiger partial charge is 0.384 e. The van der Waals surface area contributed by atoms with Crippen LogP contribution in [0.25, 0.3) is 0 Å². The van der Waals surface area contributed by atoms with Crippen LogP contribution in [0.2, 0.25) is 5.02 Å². The Bertz CT molecular complexity index is 1260. The first-order valence-electron chi connectivity index (χ1n) is 10.0. The molecule has 0 radical (unpaired) electrons. The molecule has 1 spiro atoms. The molecule has 5 rings (SSSR count). The van der Waals surface area contributed by atoms with Gasteiger partial charge in [-0.3, -0.25) is 14.5 Å². The maximum Gasteiger partial charge on any atom is 0.247 e. The van der Waals surface area contributed by atoms with Crippen LogP contribution in [-0.4, -0.2) is 18.7 Å². The molecule has 2 aromatic rings. The minimum absolute atomic E-state index is 0.0817. The van der Waals surface area contributed by atoms with Gasteiger partial charge in [0.25, 0.3) is 0 Å². The van der Waals surface area contributed by atoms with E-state index in [1.54, 1.807) is 36.2 Å². The fraction of sp³-hybridized carbons (Fsp3) is 0.208. The molecule has 0 bridgehead atoms. The van der Waals surface area contributed by atoms with Gasteiger partial charge in [0, 0.05) is 46.7 Å². The monoisotopic (exact) mass is 430 g/mol. The van der Waals surface area contributed by atoms with Crippen molar-refractivity contribution in [3.63, 3.8) is 0 Å². The highest BCUT2D eigenvalue weighted by Gasteiger charge is 2.61. The summed E-state index contributed by atoms with van der Waals surface area (Å²) in [6.07, 6.45) is 1.55. The standard InChI is InChI=1S/C24H19ClN4O2/c1-28-18-6-3-2-5-16(18)24(23(28)31)17(13-26)22(27)29(15-11-9-14(25)10-12-15)19-7-4-8-20(30)21(19)24/h2-3,5-6,9-12H,4,7-8,27H2,1H3/t24-/m0/s1. The average Bonchev–Trinajstić information content (AvgIpc) is 2.98. The third kappa shape index (κ3) is 2.38. The number of amides is 1. The summed E-state index contributed by atoms with van der Waals surface area (Å²) < 4.78 is 0. The number of hydrogen-bond donors (Lipinski definition) is 1. The lowest BCUT2D eigenvalue weighted by Gasteiger charge is -2.43. The first-order valence-corrected chi connectivity index (χ1v) is 10.4. The van der Waals surface area contributed by atoms with E-state index in [1.807, 2.05) is 24.3 Å². The highest BCUT2D eigenvalue weighted by atomic mass is 35.5. The maximum atomic E-state index is 13.8. The highest BCUT2D eigenvalue weighted by molar-refractivity contribution is 6.30. The molecular formula is C24H19ClN4O2. The number of Topliss-reactive ketones (excluding diaryl/α,β-unsaturated/α-hetero) is 1. The first-order chi connectivity index (χ1) is 14.9. The summed E-state index contributed by atoms with van der Waals surface area (Å²) in [4.78, 5) is 30.5. The molecule has 0 fully saturated rings. The van der Waals surface area contributed by atoms with Gasteiger partial charge in [0.1, 0.15) is 17.3 Å². The number of hydrogen-bond acceptors (Lipinski definition) is 5.